The molecule has 0 aliphatic carbocycles. The fourth-order valence-corrected chi connectivity index (χ4v) is 3.48. The number of aromatic nitrogens is 1. The van der Waals surface area contributed by atoms with Gasteiger partial charge in [-0.25, -0.2) is 4.79 Å². The van der Waals surface area contributed by atoms with E-state index in [0.717, 1.165) is 27.9 Å². The molecule has 0 saturated carbocycles. The minimum Gasteiger partial charge on any atom is -0.464 e. The third-order valence-corrected chi connectivity index (χ3v) is 4.81. The van der Waals surface area contributed by atoms with Gasteiger partial charge in [-0.15, -0.1) is 0 Å². The van der Waals surface area contributed by atoms with Crippen LogP contribution in [-0.4, -0.2) is 17.6 Å². The van der Waals surface area contributed by atoms with Crippen LogP contribution in [0.2, 0.25) is 0 Å². The first-order chi connectivity index (χ1) is 13.8. The van der Waals surface area contributed by atoms with Crippen molar-refractivity contribution in [1.82, 2.24) is 4.57 Å². The molecule has 0 fully saturated rings. The van der Waals surface area contributed by atoms with Gasteiger partial charge in [0, 0.05) is 17.8 Å². The van der Waals surface area contributed by atoms with Crippen LogP contribution in [0.25, 0.3) is 22.4 Å². The summed E-state index contributed by atoms with van der Waals surface area (Å²) in [7, 11) is 1.43. The Morgan fingerprint density at radius 1 is 0.786 bits per heavy atom. The maximum absolute atomic E-state index is 12.8. The quantitative estimate of drug-likeness (QED) is 0.426. The number of carbonyl (C=O) groups is 1. The second-order valence-electron chi connectivity index (χ2n) is 6.59. The highest BCUT2D eigenvalue weighted by atomic mass is 16.5. The molecule has 0 atom stereocenters. The van der Waals surface area contributed by atoms with Crippen LogP contribution in [0.5, 0.6) is 0 Å². The Labute approximate surface area is 164 Å². The smallest absolute Gasteiger partial charge is 0.355 e. The predicted molar refractivity (Wildman–Crippen MR) is 112 cm³/mol. The highest BCUT2D eigenvalue weighted by Crippen LogP contribution is 2.34. The molecular formula is C25H21NO2. The van der Waals surface area contributed by atoms with E-state index in [2.05, 4.69) is 34.9 Å². The second kappa shape index (κ2) is 7.97. The predicted octanol–water partition coefficient (Wildman–Crippen LogP) is 5.66. The second-order valence-corrected chi connectivity index (χ2v) is 6.59. The molecule has 0 saturated heterocycles. The van der Waals surface area contributed by atoms with Gasteiger partial charge in [0.2, 0.25) is 0 Å². The molecular weight excluding hydrogens is 346 g/mol. The van der Waals surface area contributed by atoms with Crippen LogP contribution >= 0.6 is 0 Å². The largest absolute Gasteiger partial charge is 0.464 e. The van der Waals surface area contributed by atoms with E-state index in [1.807, 2.05) is 66.7 Å². The van der Waals surface area contributed by atoms with E-state index in [-0.39, 0.29) is 5.97 Å². The topological polar surface area (TPSA) is 31.2 Å². The third kappa shape index (κ3) is 3.47. The first-order valence-electron chi connectivity index (χ1n) is 9.24. The molecule has 0 unspecified atom stereocenters. The molecule has 3 aromatic carbocycles. The number of hydrogen-bond acceptors (Lipinski definition) is 2. The van der Waals surface area contributed by atoms with Crippen molar-refractivity contribution in [3.05, 3.63) is 108 Å². The van der Waals surface area contributed by atoms with E-state index >= 15 is 0 Å². The van der Waals surface area contributed by atoms with Crippen LogP contribution < -0.4 is 0 Å². The first kappa shape index (κ1) is 17.8. The van der Waals surface area contributed by atoms with Crippen molar-refractivity contribution < 1.29 is 9.53 Å². The minimum absolute atomic E-state index is 0.336. The van der Waals surface area contributed by atoms with Crippen LogP contribution in [0.3, 0.4) is 0 Å². The van der Waals surface area contributed by atoms with E-state index in [9.17, 15) is 4.79 Å². The third-order valence-electron chi connectivity index (χ3n) is 4.81. The summed E-state index contributed by atoms with van der Waals surface area (Å²) < 4.78 is 7.22. The molecule has 0 bridgehead atoms. The molecule has 3 nitrogen and oxygen atoms in total. The lowest BCUT2D eigenvalue weighted by Gasteiger charge is -2.14. The Kier molecular flexibility index (Phi) is 5.07. The number of benzene rings is 3. The lowest BCUT2D eigenvalue weighted by molar-refractivity contribution is 0.0590. The summed E-state index contributed by atoms with van der Waals surface area (Å²) in [6.07, 6.45) is 0. The number of carbonyl (C=O) groups excluding carboxylic acids is 1. The van der Waals surface area contributed by atoms with Crippen LogP contribution in [-0.2, 0) is 11.3 Å². The minimum atomic E-state index is -0.336. The molecule has 138 valence electrons. The molecule has 1 heterocycles. The summed E-state index contributed by atoms with van der Waals surface area (Å²) in [5, 5.41) is 0. The van der Waals surface area contributed by atoms with Crippen molar-refractivity contribution in [3.8, 4) is 22.4 Å². The standard InChI is InChI=1S/C25H21NO2/c1-28-25(27)24-22(20-13-7-3-8-14-20)17-23(21-15-9-4-10-16-21)26(24)18-19-11-5-2-6-12-19/h2-17H,18H2,1H3. The van der Waals surface area contributed by atoms with Gasteiger partial charge in [-0.1, -0.05) is 91.0 Å². The molecule has 3 heteroatoms. The number of esters is 1. The fourth-order valence-electron chi connectivity index (χ4n) is 3.48. The van der Waals surface area contributed by atoms with Crippen LogP contribution in [0.15, 0.2) is 97.1 Å². The summed E-state index contributed by atoms with van der Waals surface area (Å²) in [6.45, 7) is 0.586. The van der Waals surface area contributed by atoms with E-state index in [1.54, 1.807) is 0 Å². The average molecular weight is 367 g/mol. The van der Waals surface area contributed by atoms with Gasteiger partial charge in [0.05, 0.1) is 7.11 Å². The molecule has 0 radical (unpaired) electrons. The van der Waals surface area contributed by atoms with Crippen molar-refractivity contribution >= 4 is 5.97 Å². The van der Waals surface area contributed by atoms with Gasteiger partial charge >= 0.3 is 5.97 Å². The molecule has 4 aromatic rings. The number of nitrogens with zero attached hydrogens (tertiary/aromatic N) is 1. The average Bonchev–Trinajstić information content (AvgIpc) is 3.14. The van der Waals surface area contributed by atoms with Crippen LogP contribution in [0.1, 0.15) is 16.1 Å². The Hall–Kier alpha value is -3.59. The maximum Gasteiger partial charge on any atom is 0.355 e. The molecule has 0 N–H and O–H groups in total. The van der Waals surface area contributed by atoms with Gasteiger partial charge in [0.1, 0.15) is 5.69 Å². The van der Waals surface area contributed by atoms with Gasteiger partial charge < -0.3 is 9.30 Å². The van der Waals surface area contributed by atoms with Crippen molar-refractivity contribution in [3.63, 3.8) is 0 Å². The van der Waals surface area contributed by atoms with E-state index in [4.69, 9.17) is 4.74 Å². The molecule has 1 aromatic heterocycles. The Bertz CT molecular complexity index is 1070. The number of ether oxygens (including phenoxy) is 1. The van der Waals surface area contributed by atoms with Crippen LogP contribution in [0, 0.1) is 0 Å². The zero-order chi connectivity index (χ0) is 19.3. The van der Waals surface area contributed by atoms with E-state index in [0.29, 0.717) is 12.2 Å². The molecule has 0 aliphatic rings. The fraction of sp³-hybridized carbons (Fsp3) is 0.0800. The van der Waals surface area contributed by atoms with Crippen LogP contribution in [0.4, 0.5) is 0 Å². The lowest BCUT2D eigenvalue weighted by atomic mass is 10.0. The zero-order valence-electron chi connectivity index (χ0n) is 15.7. The molecule has 28 heavy (non-hydrogen) atoms. The Balaban J connectivity index is 1.97. The summed E-state index contributed by atoms with van der Waals surface area (Å²) in [4.78, 5) is 12.8. The summed E-state index contributed by atoms with van der Waals surface area (Å²) in [5.41, 5.74) is 5.61. The summed E-state index contributed by atoms with van der Waals surface area (Å²) in [6, 6.07) is 32.3. The highest BCUT2D eigenvalue weighted by molar-refractivity contribution is 5.98. The lowest BCUT2D eigenvalue weighted by Crippen LogP contribution is -2.13. The SMILES string of the molecule is COC(=O)c1c(-c2ccccc2)cc(-c2ccccc2)n1Cc1ccccc1. The normalized spacial score (nSPS) is 10.6. The molecule has 4 rings (SSSR count). The van der Waals surface area contributed by atoms with E-state index < -0.39 is 0 Å². The highest BCUT2D eigenvalue weighted by Gasteiger charge is 2.23. The molecule has 0 amide bonds. The zero-order valence-corrected chi connectivity index (χ0v) is 15.7. The number of methoxy groups -OCH3 is 1. The maximum atomic E-state index is 12.8. The Morgan fingerprint density at radius 3 is 1.89 bits per heavy atom. The van der Waals surface area contributed by atoms with Gasteiger partial charge in [-0.05, 0) is 22.8 Å². The molecule has 0 aliphatic heterocycles. The number of rotatable bonds is 5. The van der Waals surface area contributed by atoms with Gasteiger partial charge in [0.25, 0.3) is 0 Å². The van der Waals surface area contributed by atoms with Gasteiger partial charge in [-0.3, -0.25) is 0 Å². The van der Waals surface area contributed by atoms with Crippen molar-refractivity contribution in [2.24, 2.45) is 0 Å². The van der Waals surface area contributed by atoms with Crippen molar-refractivity contribution in [1.29, 1.82) is 0 Å². The van der Waals surface area contributed by atoms with Gasteiger partial charge in [0.15, 0.2) is 0 Å². The summed E-state index contributed by atoms with van der Waals surface area (Å²) >= 11 is 0. The van der Waals surface area contributed by atoms with E-state index in [1.165, 1.54) is 7.11 Å². The van der Waals surface area contributed by atoms with Crippen molar-refractivity contribution in [2.75, 3.05) is 7.11 Å². The van der Waals surface area contributed by atoms with Crippen molar-refractivity contribution in [2.45, 2.75) is 6.54 Å². The first-order valence-corrected chi connectivity index (χ1v) is 9.24. The summed E-state index contributed by atoms with van der Waals surface area (Å²) in [5.74, 6) is -0.336. The monoisotopic (exact) mass is 367 g/mol. The molecule has 0 spiro atoms. The number of hydrogen-bond donors (Lipinski definition) is 0. The Morgan fingerprint density at radius 2 is 1.32 bits per heavy atom. The van der Waals surface area contributed by atoms with Gasteiger partial charge in [-0.2, -0.15) is 0 Å².